The number of hydrogen-bond donors (Lipinski definition) is 2. The van der Waals surface area contributed by atoms with Crippen molar-refractivity contribution in [1.82, 2.24) is 5.32 Å². The summed E-state index contributed by atoms with van der Waals surface area (Å²) in [5.74, 6) is -2.69. The lowest BCUT2D eigenvalue weighted by molar-refractivity contribution is -0.217. The van der Waals surface area contributed by atoms with Crippen LogP contribution in [0.5, 0.6) is 0 Å². The molecule has 3 atom stereocenters. The van der Waals surface area contributed by atoms with Crippen molar-refractivity contribution in [3.63, 3.8) is 0 Å². The molecule has 0 aliphatic heterocycles. The van der Waals surface area contributed by atoms with Crippen LogP contribution in [0.4, 0.5) is 13.2 Å². The average molecular weight is 340 g/mol. The maximum absolute atomic E-state index is 12.4. The molecule has 1 amide bonds. The molecule has 0 heterocycles. The highest BCUT2D eigenvalue weighted by atomic mass is 19.4. The summed E-state index contributed by atoms with van der Waals surface area (Å²) in [4.78, 5) is 34.6. The fourth-order valence-corrected chi connectivity index (χ4v) is 1.33. The van der Waals surface area contributed by atoms with Crippen LogP contribution in [0, 0.1) is 5.41 Å². The number of methoxy groups -OCH3 is 1. The van der Waals surface area contributed by atoms with Gasteiger partial charge in [0.15, 0.2) is 11.9 Å². The highest BCUT2D eigenvalue weighted by Crippen LogP contribution is 2.23. The number of esters is 1. The summed E-state index contributed by atoms with van der Waals surface area (Å²) in [6.45, 7) is 2.02. The molecule has 0 saturated carbocycles. The van der Waals surface area contributed by atoms with Gasteiger partial charge in [-0.15, -0.1) is 0 Å². The van der Waals surface area contributed by atoms with Crippen LogP contribution in [0.3, 0.4) is 0 Å². The number of alkyl halides is 3. The van der Waals surface area contributed by atoms with Gasteiger partial charge in [0.25, 0.3) is 0 Å². The number of hydrogen-bond acceptors (Lipinski definition) is 6. The van der Waals surface area contributed by atoms with Gasteiger partial charge < -0.3 is 20.2 Å². The van der Waals surface area contributed by atoms with Gasteiger partial charge in [-0.05, 0) is 20.3 Å². The van der Waals surface area contributed by atoms with Crippen LogP contribution in [0.15, 0.2) is 0 Å². The van der Waals surface area contributed by atoms with Gasteiger partial charge >= 0.3 is 12.1 Å². The molecule has 0 aromatic heterocycles. The largest absolute Gasteiger partial charge is 0.451 e. The quantitative estimate of drug-likeness (QED) is 0.481. The first kappa shape index (κ1) is 21.0. The van der Waals surface area contributed by atoms with E-state index in [1.807, 2.05) is 0 Å². The Labute approximate surface area is 131 Å². The first-order valence-electron chi connectivity index (χ1n) is 6.66. The maximum Gasteiger partial charge on any atom is 0.425 e. The van der Waals surface area contributed by atoms with Crippen molar-refractivity contribution in [3.8, 4) is 0 Å². The van der Waals surface area contributed by atoms with Crippen molar-refractivity contribution in [3.05, 3.63) is 0 Å². The van der Waals surface area contributed by atoms with Crippen LogP contribution >= 0.6 is 0 Å². The van der Waals surface area contributed by atoms with Gasteiger partial charge in [-0.1, -0.05) is 0 Å². The van der Waals surface area contributed by atoms with E-state index < -0.39 is 42.1 Å². The smallest absolute Gasteiger partial charge is 0.425 e. The second-order valence-corrected chi connectivity index (χ2v) is 4.71. The average Bonchev–Trinajstić information content (AvgIpc) is 2.48. The van der Waals surface area contributed by atoms with Gasteiger partial charge in [0.05, 0.1) is 6.21 Å². The summed E-state index contributed by atoms with van der Waals surface area (Å²) in [7, 11) is 1.24. The van der Waals surface area contributed by atoms with Crippen molar-refractivity contribution >= 4 is 23.9 Å². The van der Waals surface area contributed by atoms with Crippen molar-refractivity contribution in [2.45, 2.75) is 51.1 Å². The molecular formula is C13H19F3N2O5. The number of ketones is 1. The Morgan fingerprint density at radius 3 is 2.26 bits per heavy atom. The summed E-state index contributed by atoms with van der Waals surface area (Å²) in [6.07, 6.45) is -8.11. The highest BCUT2D eigenvalue weighted by molar-refractivity contribution is 6.26. The number of carbonyl (C=O) groups excluding carboxylic acids is 3. The molecule has 23 heavy (non-hydrogen) atoms. The first-order chi connectivity index (χ1) is 10.5. The molecule has 0 radical (unpaired) electrons. The van der Waals surface area contributed by atoms with Crippen LogP contribution in [0.25, 0.3) is 0 Å². The molecule has 0 spiro atoms. The van der Waals surface area contributed by atoms with Gasteiger partial charge in [-0.2, -0.15) is 13.2 Å². The lowest BCUT2D eigenvalue weighted by Crippen LogP contribution is -2.47. The lowest BCUT2D eigenvalue weighted by Gasteiger charge is -2.22. The van der Waals surface area contributed by atoms with Crippen LogP contribution in [0.1, 0.15) is 26.7 Å². The number of nitrogens with one attached hydrogen (secondary N) is 2. The van der Waals surface area contributed by atoms with Crippen LogP contribution in [-0.2, 0) is 23.9 Å². The number of rotatable bonds is 9. The third-order valence-electron chi connectivity index (χ3n) is 2.92. The number of amides is 1. The molecule has 0 bridgehead atoms. The predicted octanol–water partition coefficient (Wildman–Crippen LogP) is 0.999. The summed E-state index contributed by atoms with van der Waals surface area (Å²) < 4.78 is 46.3. The normalized spacial score (nSPS) is 15.2. The Kier molecular flexibility index (Phi) is 8.44. The minimum Gasteiger partial charge on any atom is -0.451 e. The zero-order valence-electron chi connectivity index (χ0n) is 12.9. The highest BCUT2D eigenvalue weighted by Gasteiger charge is 2.40. The van der Waals surface area contributed by atoms with Gasteiger partial charge in [-0.25, -0.2) is 4.79 Å². The molecule has 10 heteroatoms. The first-order valence-corrected chi connectivity index (χ1v) is 6.66. The molecule has 2 N–H and O–H groups in total. The Morgan fingerprint density at radius 1 is 1.26 bits per heavy atom. The zero-order valence-corrected chi connectivity index (χ0v) is 12.9. The molecule has 0 saturated heterocycles. The van der Waals surface area contributed by atoms with Gasteiger partial charge in [-0.3, -0.25) is 9.59 Å². The zero-order chi connectivity index (χ0) is 18.2. The summed E-state index contributed by atoms with van der Waals surface area (Å²) in [5, 5.41) is 8.92. The van der Waals surface area contributed by atoms with E-state index in [0.717, 1.165) is 0 Å². The van der Waals surface area contributed by atoms with E-state index >= 15 is 0 Å². The maximum atomic E-state index is 12.4. The van der Waals surface area contributed by atoms with Crippen molar-refractivity contribution < 1.29 is 37.0 Å². The molecular weight excluding hydrogens is 321 g/mol. The van der Waals surface area contributed by atoms with Crippen molar-refractivity contribution in [2.24, 2.45) is 0 Å². The Hall–Kier alpha value is -1.97. The summed E-state index contributed by atoms with van der Waals surface area (Å²) in [5.41, 5.74) is 0. The topological polar surface area (TPSA) is 106 Å². The van der Waals surface area contributed by atoms with Gasteiger partial charge in [0, 0.05) is 13.5 Å². The Bertz CT molecular complexity index is 453. The van der Waals surface area contributed by atoms with E-state index in [9.17, 15) is 27.6 Å². The van der Waals surface area contributed by atoms with Gasteiger partial charge in [0.2, 0.25) is 5.91 Å². The summed E-state index contributed by atoms with van der Waals surface area (Å²) in [6, 6.07) is -1.45. The lowest BCUT2D eigenvalue weighted by atomic mass is 10.1. The third kappa shape index (κ3) is 7.73. The molecule has 0 unspecified atom stereocenters. The van der Waals surface area contributed by atoms with Crippen LogP contribution in [0.2, 0.25) is 0 Å². The minimum absolute atomic E-state index is 0.292. The van der Waals surface area contributed by atoms with Gasteiger partial charge in [0.1, 0.15) is 12.1 Å². The molecule has 0 aromatic carbocycles. The monoisotopic (exact) mass is 340 g/mol. The molecule has 0 aromatic rings. The van der Waals surface area contributed by atoms with Crippen LogP contribution < -0.4 is 5.32 Å². The molecule has 0 aliphatic carbocycles. The summed E-state index contributed by atoms with van der Waals surface area (Å²) >= 11 is 0. The SMILES string of the molecule is CO[C@H](C)C(=O)N[C@@H](CCC(=O)C=N)C(=O)O[C@H](C)C(F)(F)F. The van der Waals surface area contributed by atoms with Crippen LogP contribution in [-0.4, -0.2) is 55.4 Å². The van der Waals surface area contributed by atoms with E-state index in [2.05, 4.69) is 10.1 Å². The fourth-order valence-electron chi connectivity index (χ4n) is 1.33. The third-order valence-corrected chi connectivity index (χ3v) is 2.92. The van der Waals surface area contributed by atoms with E-state index in [1.54, 1.807) is 0 Å². The van der Waals surface area contributed by atoms with E-state index in [-0.39, 0.29) is 12.8 Å². The number of ether oxygens (including phenoxy) is 2. The Morgan fingerprint density at radius 2 is 1.83 bits per heavy atom. The van der Waals surface area contributed by atoms with Crippen molar-refractivity contribution in [2.75, 3.05) is 7.11 Å². The number of carbonyl (C=O) groups is 3. The fraction of sp³-hybridized carbons (Fsp3) is 0.692. The molecule has 0 aliphatic rings. The second-order valence-electron chi connectivity index (χ2n) is 4.71. The molecule has 132 valence electrons. The predicted molar refractivity (Wildman–Crippen MR) is 73.0 cm³/mol. The number of Topliss-reactive ketones (excluding diaryl/α,β-unsaturated/α-hetero) is 1. The molecule has 0 fully saturated rings. The standard InChI is InChI=1S/C13H19F3N2O5/c1-7(22-3)11(20)18-10(5-4-9(19)6-17)12(21)23-8(2)13(14,15)16/h6-8,10,17H,4-5H2,1-3H3,(H,18,20)/t7-,8-,10+/m1/s1. The second kappa shape index (κ2) is 9.23. The van der Waals surface area contributed by atoms with E-state index in [4.69, 9.17) is 10.1 Å². The van der Waals surface area contributed by atoms with E-state index in [0.29, 0.717) is 13.1 Å². The van der Waals surface area contributed by atoms with Crippen molar-refractivity contribution in [1.29, 1.82) is 5.41 Å². The minimum atomic E-state index is -4.74. The molecule has 7 nitrogen and oxygen atoms in total. The molecule has 0 rings (SSSR count). The van der Waals surface area contributed by atoms with E-state index in [1.165, 1.54) is 14.0 Å². The number of halogens is 3. The Balaban J connectivity index is 4.94.